The molecule has 4 nitrogen and oxygen atoms in total. The van der Waals surface area contributed by atoms with Crippen molar-refractivity contribution < 1.29 is 4.74 Å². The summed E-state index contributed by atoms with van der Waals surface area (Å²) in [5, 5.41) is 0.686. The topological polar surface area (TPSA) is 60.2 Å². The van der Waals surface area contributed by atoms with Gasteiger partial charge in [0, 0.05) is 11.2 Å². The van der Waals surface area contributed by atoms with Gasteiger partial charge in [-0.25, -0.2) is 5.43 Å². The maximum atomic E-state index is 6.09. The smallest absolute Gasteiger partial charge is 0.137 e. The summed E-state index contributed by atoms with van der Waals surface area (Å²) in [5.41, 5.74) is 5.78. The minimum atomic E-state index is -0.181. The van der Waals surface area contributed by atoms with Crippen molar-refractivity contribution in [3.8, 4) is 5.75 Å². The summed E-state index contributed by atoms with van der Waals surface area (Å²) in [7, 11) is 1.61. The van der Waals surface area contributed by atoms with Crippen molar-refractivity contribution in [1.29, 1.82) is 0 Å². The minimum absolute atomic E-state index is 0.181. The molecule has 0 bridgehead atoms. The predicted octanol–water partition coefficient (Wildman–Crippen LogP) is 2.60. The Hall–Kier alpha value is -1.62. The number of hydrogen-bond donors (Lipinski definition) is 2. The summed E-state index contributed by atoms with van der Waals surface area (Å²) < 4.78 is 5.18. The number of aryl methyl sites for hydroxylation is 1. The number of hydrazine groups is 1. The molecule has 0 spiro atoms. The molecule has 1 aromatic heterocycles. The van der Waals surface area contributed by atoms with Crippen LogP contribution in [-0.2, 0) is 0 Å². The Kier molecular flexibility index (Phi) is 4.37. The first-order valence-electron chi connectivity index (χ1n) is 5.86. The highest BCUT2D eigenvalue weighted by molar-refractivity contribution is 6.30. The Labute approximate surface area is 117 Å². The molecule has 1 aromatic carbocycles. The van der Waals surface area contributed by atoms with Gasteiger partial charge in [0.05, 0.1) is 19.3 Å². The Morgan fingerprint density at radius 1 is 1.21 bits per heavy atom. The molecule has 0 fully saturated rings. The van der Waals surface area contributed by atoms with E-state index in [1.165, 1.54) is 0 Å². The van der Waals surface area contributed by atoms with Crippen molar-refractivity contribution in [3.63, 3.8) is 0 Å². The van der Waals surface area contributed by atoms with Gasteiger partial charge in [-0.3, -0.25) is 10.8 Å². The van der Waals surface area contributed by atoms with Gasteiger partial charge < -0.3 is 4.74 Å². The van der Waals surface area contributed by atoms with Gasteiger partial charge in [-0.1, -0.05) is 17.7 Å². The average Bonchev–Trinajstić information content (AvgIpc) is 2.39. The summed E-state index contributed by atoms with van der Waals surface area (Å²) in [5.74, 6) is 6.36. The summed E-state index contributed by atoms with van der Waals surface area (Å²) >= 11 is 6.09. The van der Waals surface area contributed by atoms with Gasteiger partial charge in [0.2, 0.25) is 0 Å². The third-order valence-electron chi connectivity index (χ3n) is 2.87. The number of hydrogen-bond acceptors (Lipinski definition) is 4. The molecule has 19 heavy (non-hydrogen) atoms. The minimum Gasteiger partial charge on any atom is -0.495 e. The van der Waals surface area contributed by atoms with Crippen LogP contribution in [0.2, 0.25) is 5.02 Å². The highest BCUT2D eigenvalue weighted by atomic mass is 35.5. The number of halogens is 1. The highest BCUT2D eigenvalue weighted by Crippen LogP contribution is 2.26. The van der Waals surface area contributed by atoms with E-state index in [1.54, 1.807) is 19.5 Å². The van der Waals surface area contributed by atoms with E-state index in [9.17, 15) is 0 Å². The molecular formula is C14H16ClN3O. The van der Waals surface area contributed by atoms with Crippen LogP contribution in [0.5, 0.6) is 5.75 Å². The number of nitrogens with zero attached hydrogens (tertiary/aromatic N) is 1. The predicted molar refractivity (Wildman–Crippen MR) is 76.1 cm³/mol. The van der Waals surface area contributed by atoms with Gasteiger partial charge in [-0.2, -0.15) is 0 Å². The SMILES string of the molecule is COc1cncc(C(NN)c2cc(C)cc(Cl)c2)c1. The van der Waals surface area contributed by atoms with Crippen molar-refractivity contribution in [1.82, 2.24) is 10.4 Å². The maximum absolute atomic E-state index is 6.09. The quantitative estimate of drug-likeness (QED) is 0.666. The van der Waals surface area contributed by atoms with Crippen LogP contribution >= 0.6 is 11.6 Å². The second-order valence-electron chi connectivity index (χ2n) is 4.32. The Balaban J connectivity index is 2.43. The van der Waals surface area contributed by atoms with Gasteiger partial charge in [-0.05, 0) is 41.8 Å². The molecule has 1 unspecified atom stereocenters. The van der Waals surface area contributed by atoms with Crippen molar-refractivity contribution in [3.05, 3.63) is 58.4 Å². The van der Waals surface area contributed by atoms with E-state index in [0.29, 0.717) is 10.8 Å². The van der Waals surface area contributed by atoms with Crippen LogP contribution in [0, 0.1) is 6.92 Å². The van der Waals surface area contributed by atoms with Crippen molar-refractivity contribution in [2.24, 2.45) is 5.84 Å². The molecule has 2 rings (SSSR count). The van der Waals surface area contributed by atoms with Gasteiger partial charge in [0.25, 0.3) is 0 Å². The first kappa shape index (κ1) is 13.8. The maximum Gasteiger partial charge on any atom is 0.137 e. The van der Waals surface area contributed by atoms with Crippen LogP contribution in [0.15, 0.2) is 36.7 Å². The van der Waals surface area contributed by atoms with E-state index >= 15 is 0 Å². The number of aromatic nitrogens is 1. The van der Waals surface area contributed by atoms with E-state index in [0.717, 1.165) is 16.7 Å². The molecule has 2 aromatic rings. The van der Waals surface area contributed by atoms with E-state index < -0.39 is 0 Å². The lowest BCUT2D eigenvalue weighted by molar-refractivity contribution is 0.411. The van der Waals surface area contributed by atoms with Crippen LogP contribution in [0.25, 0.3) is 0 Å². The third-order valence-corrected chi connectivity index (χ3v) is 3.09. The third kappa shape index (κ3) is 3.23. The molecule has 100 valence electrons. The fourth-order valence-electron chi connectivity index (χ4n) is 2.02. The van der Waals surface area contributed by atoms with E-state index in [1.807, 2.05) is 31.2 Å². The summed E-state index contributed by atoms with van der Waals surface area (Å²) in [6, 6.07) is 7.55. The first-order valence-corrected chi connectivity index (χ1v) is 6.24. The second-order valence-corrected chi connectivity index (χ2v) is 4.76. The number of nitrogens with one attached hydrogen (secondary N) is 1. The number of nitrogens with two attached hydrogens (primary N) is 1. The fraction of sp³-hybridized carbons (Fsp3) is 0.214. The van der Waals surface area contributed by atoms with Crippen LogP contribution in [0.4, 0.5) is 0 Å². The largest absolute Gasteiger partial charge is 0.495 e. The molecule has 1 atom stereocenters. The molecule has 1 heterocycles. The number of methoxy groups -OCH3 is 1. The standard InChI is InChI=1S/C14H16ClN3O/c1-9-3-10(5-12(15)4-9)14(18-16)11-6-13(19-2)8-17-7-11/h3-8,14,18H,16H2,1-2H3. The molecule has 0 aliphatic rings. The van der Waals surface area contributed by atoms with Gasteiger partial charge in [0.1, 0.15) is 5.75 Å². The zero-order valence-corrected chi connectivity index (χ0v) is 11.6. The van der Waals surface area contributed by atoms with Gasteiger partial charge >= 0.3 is 0 Å². The van der Waals surface area contributed by atoms with E-state index in [2.05, 4.69) is 10.4 Å². The van der Waals surface area contributed by atoms with Crippen LogP contribution in [-0.4, -0.2) is 12.1 Å². The molecular weight excluding hydrogens is 262 g/mol. The molecule has 0 aliphatic heterocycles. The fourth-order valence-corrected chi connectivity index (χ4v) is 2.32. The molecule has 3 N–H and O–H groups in total. The number of benzene rings is 1. The average molecular weight is 278 g/mol. The highest BCUT2D eigenvalue weighted by Gasteiger charge is 2.14. The monoisotopic (exact) mass is 277 g/mol. The Morgan fingerprint density at radius 2 is 2.00 bits per heavy atom. The zero-order chi connectivity index (χ0) is 13.8. The van der Waals surface area contributed by atoms with Crippen LogP contribution in [0.3, 0.4) is 0 Å². The second kappa shape index (κ2) is 6.02. The lowest BCUT2D eigenvalue weighted by atomic mass is 9.99. The van der Waals surface area contributed by atoms with E-state index in [4.69, 9.17) is 22.2 Å². The summed E-state index contributed by atoms with van der Waals surface area (Å²) in [6.07, 6.45) is 3.41. The first-order chi connectivity index (χ1) is 9.13. The molecule has 5 heteroatoms. The Morgan fingerprint density at radius 3 is 2.63 bits per heavy atom. The normalized spacial score (nSPS) is 12.2. The van der Waals surface area contributed by atoms with Crippen molar-refractivity contribution in [2.45, 2.75) is 13.0 Å². The van der Waals surface area contributed by atoms with Gasteiger partial charge in [-0.15, -0.1) is 0 Å². The lowest BCUT2D eigenvalue weighted by Gasteiger charge is -2.18. The van der Waals surface area contributed by atoms with E-state index in [-0.39, 0.29) is 6.04 Å². The van der Waals surface area contributed by atoms with Crippen LogP contribution < -0.4 is 16.0 Å². The van der Waals surface area contributed by atoms with Gasteiger partial charge in [0.15, 0.2) is 0 Å². The molecule has 0 saturated carbocycles. The number of ether oxygens (including phenoxy) is 1. The van der Waals surface area contributed by atoms with Crippen molar-refractivity contribution >= 4 is 11.6 Å². The van der Waals surface area contributed by atoms with Crippen molar-refractivity contribution in [2.75, 3.05) is 7.11 Å². The molecule has 0 aliphatic carbocycles. The molecule has 0 saturated heterocycles. The van der Waals surface area contributed by atoms with Crippen LogP contribution in [0.1, 0.15) is 22.7 Å². The summed E-state index contributed by atoms with van der Waals surface area (Å²) in [4.78, 5) is 4.14. The summed E-state index contributed by atoms with van der Waals surface area (Å²) in [6.45, 7) is 1.99. The Bertz CT molecular complexity index is 554. The lowest BCUT2D eigenvalue weighted by Crippen LogP contribution is -2.29. The number of rotatable bonds is 4. The molecule has 0 radical (unpaired) electrons. The number of pyridine rings is 1. The zero-order valence-electron chi connectivity index (χ0n) is 10.9. The molecule has 0 amide bonds.